The van der Waals surface area contributed by atoms with Crippen molar-refractivity contribution in [2.75, 3.05) is 20.7 Å². The molecule has 0 saturated heterocycles. The second-order valence-electron chi connectivity index (χ2n) is 6.10. The highest BCUT2D eigenvalue weighted by atomic mass is 16.5. The molecule has 0 aliphatic carbocycles. The van der Waals surface area contributed by atoms with E-state index in [1.54, 1.807) is 19.1 Å². The summed E-state index contributed by atoms with van der Waals surface area (Å²) in [4.78, 5) is 24.7. The van der Waals surface area contributed by atoms with E-state index in [9.17, 15) is 9.59 Å². The zero-order chi connectivity index (χ0) is 16.8. The van der Waals surface area contributed by atoms with E-state index >= 15 is 0 Å². The molecule has 0 saturated carbocycles. The van der Waals surface area contributed by atoms with Crippen molar-refractivity contribution in [1.82, 2.24) is 4.90 Å². The van der Waals surface area contributed by atoms with Crippen molar-refractivity contribution < 1.29 is 19.4 Å². The highest BCUT2D eigenvalue weighted by molar-refractivity contribution is 5.82. The Bertz CT molecular complexity index is 525. The Morgan fingerprint density at radius 1 is 1.27 bits per heavy atom. The van der Waals surface area contributed by atoms with E-state index in [-0.39, 0.29) is 12.3 Å². The van der Waals surface area contributed by atoms with Gasteiger partial charge in [-0.05, 0) is 24.5 Å². The Morgan fingerprint density at radius 2 is 1.91 bits per heavy atom. The third kappa shape index (κ3) is 5.06. The van der Waals surface area contributed by atoms with Crippen molar-refractivity contribution in [3.05, 3.63) is 29.8 Å². The Balaban J connectivity index is 2.71. The van der Waals surface area contributed by atoms with Gasteiger partial charge in [-0.25, -0.2) is 0 Å². The van der Waals surface area contributed by atoms with Crippen molar-refractivity contribution >= 4 is 11.9 Å². The van der Waals surface area contributed by atoms with Crippen molar-refractivity contribution in [1.29, 1.82) is 0 Å². The van der Waals surface area contributed by atoms with Gasteiger partial charge >= 0.3 is 5.97 Å². The highest BCUT2D eigenvalue weighted by Gasteiger charge is 2.31. The van der Waals surface area contributed by atoms with Gasteiger partial charge in [0.2, 0.25) is 5.91 Å². The van der Waals surface area contributed by atoms with E-state index in [1.165, 1.54) is 0 Å². The second-order valence-corrected chi connectivity index (χ2v) is 6.10. The quantitative estimate of drug-likeness (QED) is 0.801. The minimum absolute atomic E-state index is 0.00351. The maximum absolute atomic E-state index is 12.6. The number of nitrogens with zero attached hydrogens (tertiary/aromatic N) is 1. The molecule has 0 radical (unpaired) electrons. The molecule has 0 bridgehead atoms. The monoisotopic (exact) mass is 307 g/mol. The molecule has 1 N–H and O–H groups in total. The molecule has 1 rings (SSSR count). The molecule has 0 aromatic heterocycles. The van der Waals surface area contributed by atoms with Crippen LogP contribution in [0.4, 0.5) is 0 Å². The third-order valence-corrected chi connectivity index (χ3v) is 3.63. The molecule has 0 atom stereocenters. The minimum atomic E-state index is -0.839. The molecule has 1 aromatic carbocycles. The summed E-state index contributed by atoms with van der Waals surface area (Å²) in [5, 5.41) is 8.66. The first-order valence-electron chi connectivity index (χ1n) is 7.37. The van der Waals surface area contributed by atoms with E-state index in [2.05, 4.69) is 0 Å². The summed E-state index contributed by atoms with van der Waals surface area (Å²) >= 11 is 0. The number of aliphatic carboxylic acids is 1. The second kappa shape index (κ2) is 7.82. The van der Waals surface area contributed by atoms with Gasteiger partial charge in [0, 0.05) is 25.4 Å². The lowest BCUT2D eigenvalue weighted by molar-refractivity contribution is -0.140. The molecular formula is C17H25NO4. The SMILES string of the molecule is COc1ccccc1CC(C)(C)C(=O)N(C)CCCC(=O)O. The third-order valence-electron chi connectivity index (χ3n) is 3.63. The van der Waals surface area contributed by atoms with Crippen LogP contribution in [0.2, 0.25) is 0 Å². The van der Waals surface area contributed by atoms with Gasteiger partial charge in [0.25, 0.3) is 0 Å². The molecule has 0 aliphatic heterocycles. The lowest BCUT2D eigenvalue weighted by atomic mass is 9.84. The van der Waals surface area contributed by atoms with Crippen LogP contribution in [0.25, 0.3) is 0 Å². The van der Waals surface area contributed by atoms with Crippen LogP contribution in [0.1, 0.15) is 32.3 Å². The lowest BCUT2D eigenvalue weighted by Gasteiger charge is -2.30. The number of hydrogen-bond acceptors (Lipinski definition) is 3. The van der Waals surface area contributed by atoms with E-state index in [0.29, 0.717) is 19.4 Å². The standard InChI is InChI=1S/C17H25NO4/c1-17(2,12-13-8-5-6-9-14(13)22-4)16(21)18(3)11-7-10-15(19)20/h5-6,8-9H,7,10-12H2,1-4H3,(H,19,20). The van der Waals surface area contributed by atoms with Crippen LogP contribution >= 0.6 is 0 Å². The summed E-state index contributed by atoms with van der Waals surface area (Å²) in [6.45, 7) is 4.24. The Kier molecular flexibility index (Phi) is 6.40. The maximum atomic E-state index is 12.6. The van der Waals surface area contributed by atoms with Crippen LogP contribution in [0.15, 0.2) is 24.3 Å². The van der Waals surface area contributed by atoms with Crippen molar-refractivity contribution in [3.8, 4) is 5.75 Å². The smallest absolute Gasteiger partial charge is 0.303 e. The Labute approximate surface area is 131 Å². The van der Waals surface area contributed by atoms with Gasteiger partial charge < -0.3 is 14.7 Å². The molecule has 22 heavy (non-hydrogen) atoms. The van der Waals surface area contributed by atoms with Crippen LogP contribution in [-0.2, 0) is 16.0 Å². The van der Waals surface area contributed by atoms with Gasteiger partial charge in [-0.1, -0.05) is 32.0 Å². The topological polar surface area (TPSA) is 66.8 Å². The highest BCUT2D eigenvalue weighted by Crippen LogP contribution is 2.29. The van der Waals surface area contributed by atoms with E-state index in [4.69, 9.17) is 9.84 Å². The Morgan fingerprint density at radius 3 is 2.50 bits per heavy atom. The fraction of sp³-hybridized carbons (Fsp3) is 0.529. The van der Waals surface area contributed by atoms with Crippen molar-refractivity contribution in [2.24, 2.45) is 5.41 Å². The average molecular weight is 307 g/mol. The fourth-order valence-corrected chi connectivity index (χ4v) is 2.49. The minimum Gasteiger partial charge on any atom is -0.496 e. The van der Waals surface area contributed by atoms with Crippen LogP contribution in [0.3, 0.4) is 0 Å². The van der Waals surface area contributed by atoms with Gasteiger partial charge in [0.1, 0.15) is 5.75 Å². The number of amides is 1. The molecule has 0 unspecified atom stereocenters. The van der Waals surface area contributed by atoms with E-state index < -0.39 is 11.4 Å². The summed E-state index contributed by atoms with van der Waals surface area (Å²) in [6.07, 6.45) is 1.10. The van der Waals surface area contributed by atoms with Gasteiger partial charge in [0.05, 0.1) is 7.11 Å². The number of methoxy groups -OCH3 is 1. The number of carbonyl (C=O) groups excluding carboxylic acids is 1. The molecule has 0 aliphatic rings. The number of hydrogen-bond donors (Lipinski definition) is 1. The predicted molar refractivity (Wildman–Crippen MR) is 85.0 cm³/mol. The molecular weight excluding hydrogens is 282 g/mol. The maximum Gasteiger partial charge on any atom is 0.303 e. The number of carbonyl (C=O) groups is 2. The summed E-state index contributed by atoms with van der Waals surface area (Å²) in [5.74, 6) is -0.0603. The molecule has 5 nitrogen and oxygen atoms in total. The number of rotatable bonds is 8. The van der Waals surface area contributed by atoms with Crippen LogP contribution in [0, 0.1) is 5.41 Å². The van der Waals surface area contributed by atoms with Crippen molar-refractivity contribution in [2.45, 2.75) is 33.1 Å². The summed E-state index contributed by atoms with van der Waals surface area (Å²) in [6, 6.07) is 7.66. The lowest BCUT2D eigenvalue weighted by Crippen LogP contribution is -2.40. The number of benzene rings is 1. The average Bonchev–Trinajstić information content (AvgIpc) is 2.46. The first-order chi connectivity index (χ1) is 10.3. The van der Waals surface area contributed by atoms with E-state index in [1.807, 2.05) is 38.1 Å². The number of carboxylic acids is 1. The van der Waals surface area contributed by atoms with Crippen LogP contribution < -0.4 is 4.74 Å². The number of carboxylic acid groups (broad SMARTS) is 1. The molecule has 0 spiro atoms. The fourth-order valence-electron chi connectivity index (χ4n) is 2.49. The zero-order valence-electron chi connectivity index (χ0n) is 13.8. The number of para-hydroxylation sites is 1. The summed E-state index contributed by atoms with van der Waals surface area (Å²) in [7, 11) is 3.33. The normalized spacial score (nSPS) is 11.1. The zero-order valence-corrected chi connectivity index (χ0v) is 13.8. The predicted octanol–water partition coefficient (Wildman–Crippen LogP) is 2.59. The van der Waals surface area contributed by atoms with Crippen LogP contribution in [0.5, 0.6) is 5.75 Å². The molecule has 1 aromatic rings. The molecule has 122 valence electrons. The molecule has 0 heterocycles. The largest absolute Gasteiger partial charge is 0.496 e. The Hall–Kier alpha value is -2.04. The van der Waals surface area contributed by atoms with E-state index in [0.717, 1.165) is 11.3 Å². The summed E-state index contributed by atoms with van der Waals surface area (Å²) in [5.41, 5.74) is 0.411. The van der Waals surface area contributed by atoms with Crippen LogP contribution in [-0.4, -0.2) is 42.6 Å². The molecule has 0 fully saturated rings. The van der Waals surface area contributed by atoms with Gasteiger partial charge in [-0.15, -0.1) is 0 Å². The first-order valence-corrected chi connectivity index (χ1v) is 7.37. The van der Waals surface area contributed by atoms with Gasteiger partial charge in [0.15, 0.2) is 0 Å². The molecule has 5 heteroatoms. The summed E-state index contributed by atoms with van der Waals surface area (Å²) < 4.78 is 5.33. The number of ether oxygens (including phenoxy) is 1. The van der Waals surface area contributed by atoms with Crippen molar-refractivity contribution in [3.63, 3.8) is 0 Å². The first kappa shape index (κ1) is 18.0. The molecule has 1 amide bonds. The van der Waals surface area contributed by atoms with Gasteiger partial charge in [-0.3, -0.25) is 9.59 Å². The van der Waals surface area contributed by atoms with Gasteiger partial charge in [-0.2, -0.15) is 0 Å².